The summed E-state index contributed by atoms with van der Waals surface area (Å²) >= 11 is 3.23. The summed E-state index contributed by atoms with van der Waals surface area (Å²) in [4.78, 5) is 19.2. The Kier molecular flexibility index (Phi) is 4.86. The van der Waals surface area contributed by atoms with Crippen molar-refractivity contribution >= 4 is 33.5 Å². The average molecular weight is 382 g/mol. The van der Waals surface area contributed by atoms with Gasteiger partial charge < -0.3 is 5.32 Å². The maximum atomic E-state index is 12.7. The highest BCUT2D eigenvalue weighted by molar-refractivity contribution is 7.15. The van der Waals surface area contributed by atoms with Gasteiger partial charge >= 0.3 is 0 Å². The lowest BCUT2D eigenvalue weighted by Crippen LogP contribution is -2.30. The SMILES string of the molecule is CCc1ccc(C(NC(=O)Cc2cn3ccsc3n2)c2cccs2)cc1. The van der Waals surface area contributed by atoms with E-state index < -0.39 is 0 Å². The van der Waals surface area contributed by atoms with Crippen LogP contribution in [0.4, 0.5) is 0 Å². The van der Waals surface area contributed by atoms with Crippen LogP contribution in [-0.4, -0.2) is 15.3 Å². The lowest BCUT2D eigenvalue weighted by atomic mass is 10.0. The van der Waals surface area contributed by atoms with Gasteiger partial charge in [-0.05, 0) is 29.0 Å². The average Bonchev–Trinajstić information content (AvgIpc) is 3.37. The minimum atomic E-state index is -0.128. The van der Waals surface area contributed by atoms with E-state index >= 15 is 0 Å². The van der Waals surface area contributed by atoms with Gasteiger partial charge in [0.15, 0.2) is 4.96 Å². The number of rotatable bonds is 6. The monoisotopic (exact) mass is 381 g/mol. The topological polar surface area (TPSA) is 46.4 Å². The van der Waals surface area contributed by atoms with E-state index in [0.717, 1.165) is 27.5 Å². The Morgan fingerprint density at radius 1 is 1.19 bits per heavy atom. The molecule has 1 aromatic carbocycles. The summed E-state index contributed by atoms with van der Waals surface area (Å²) in [6.07, 6.45) is 5.16. The van der Waals surface area contributed by atoms with E-state index in [9.17, 15) is 4.79 Å². The number of carbonyl (C=O) groups excluding carboxylic acids is 1. The van der Waals surface area contributed by atoms with Crippen LogP contribution in [0.25, 0.3) is 4.96 Å². The van der Waals surface area contributed by atoms with Crippen molar-refractivity contribution < 1.29 is 4.79 Å². The van der Waals surface area contributed by atoms with Crippen LogP contribution in [0.15, 0.2) is 59.6 Å². The molecular weight excluding hydrogens is 362 g/mol. The van der Waals surface area contributed by atoms with E-state index in [1.165, 1.54) is 5.56 Å². The zero-order chi connectivity index (χ0) is 17.9. The van der Waals surface area contributed by atoms with Gasteiger partial charge in [0.05, 0.1) is 18.2 Å². The molecule has 0 fully saturated rings. The van der Waals surface area contributed by atoms with E-state index in [0.29, 0.717) is 0 Å². The summed E-state index contributed by atoms with van der Waals surface area (Å²) in [6, 6.07) is 12.4. The molecule has 1 unspecified atom stereocenters. The smallest absolute Gasteiger partial charge is 0.226 e. The second-order valence-corrected chi connectivity index (χ2v) is 7.97. The van der Waals surface area contributed by atoms with Crippen molar-refractivity contribution in [3.05, 3.63) is 81.2 Å². The van der Waals surface area contributed by atoms with Crippen molar-refractivity contribution in [3.63, 3.8) is 0 Å². The number of benzene rings is 1. The predicted octanol–water partition coefficient (Wildman–Crippen LogP) is 4.47. The maximum absolute atomic E-state index is 12.7. The van der Waals surface area contributed by atoms with Gasteiger partial charge in [-0.3, -0.25) is 9.20 Å². The second-order valence-electron chi connectivity index (χ2n) is 6.11. The Balaban J connectivity index is 1.53. The van der Waals surface area contributed by atoms with Gasteiger partial charge in [0.1, 0.15) is 0 Å². The normalized spacial score (nSPS) is 12.3. The third kappa shape index (κ3) is 3.57. The summed E-state index contributed by atoms with van der Waals surface area (Å²) in [5.74, 6) is -0.0197. The fraction of sp³-hybridized carbons (Fsp3) is 0.200. The number of aryl methyl sites for hydroxylation is 1. The van der Waals surface area contributed by atoms with Crippen LogP contribution in [0.2, 0.25) is 0 Å². The van der Waals surface area contributed by atoms with Crippen molar-refractivity contribution in [2.24, 2.45) is 0 Å². The number of nitrogens with one attached hydrogen (secondary N) is 1. The molecule has 0 aliphatic rings. The number of fused-ring (bicyclic) bond motifs is 1. The number of imidazole rings is 1. The second kappa shape index (κ2) is 7.43. The van der Waals surface area contributed by atoms with Crippen LogP contribution in [0.5, 0.6) is 0 Å². The molecule has 0 saturated heterocycles. The van der Waals surface area contributed by atoms with Gasteiger partial charge in [-0.2, -0.15) is 0 Å². The third-order valence-corrected chi connectivity index (χ3v) is 6.05. The van der Waals surface area contributed by atoms with Crippen LogP contribution in [0.3, 0.4) is 0 Å². The Hall–Kier alpha value is -2.44. The lowest BCUT2D eigenvalue weighted by molar-refractivity contribution is -0.121. The Labute approximate surface area is 160 Å². The van der Waals surface area contributed by atoms with E-state index in [2.05, 4.69) is 47.6 Å². The van der Waals surface area contributed by atoms with Crippen molar-refractivity contribution in [2.45, 2.75) is 25.8 Å². The molecule has 0 bridgehead atoms. The minimum absolute atomic E-state index is 0.0197. The fourth-order valence-electron chi connectivity index (χ4n) is 2.96. The van der Waals surface area contributed by atoms with Gasteiger partial charge in [-0.1, -0.05) is 37.3 Å². The highest BCUT2D eigenvalue weighted by Gasteiger charge is 2.19. The van der Waals surface area contributed by atoms with Crippen LogP contribution < -0.4 is 5.32 Å². The number of thiazole rings is 1. The van der Waals surface area contributed by atoms with E-state index in [1.54, 1.807) is 22.7 Å². The number of amides is 1. The highest BCUT2D eigenvalue weighted by Crippen LogP contribution is 2.26. The van der Waals surface area contributed by atoms with Gasteiger partial charge in [0.25, 0.3) is 0 Å². The number of hydrogen-bond donors (Lipinski definition) is 1. The number of thiophene rings is 1. The molecule has 4 nitrogen and oxygen atoms in total. The minimum Gasteiger partial charge on any atom is -0.344 e. The predicted molar refractivity (Wildman–Crippen MR) is 107 cm³/mol. The molecule has 1 N–H and O–H groups in total. The molecular formula is C20H19N3OS2. The standard InChI is InChI=1S/C20H19N3OS2/c1-2-14-5-7-15(8-6-14)19(17-4-3-10-25-17)22-18(24)12-16-13-23-9-11-26-20(23)21-16/h3-11,13,19H,2,12H2,1H3,(H,22,24). The van der Waals surface area contributed by atoms with Crippen molar-refractivity contribution in [1.29, 1.82) is 0 Å². The maximum Gasteiger partial charge on any atom is 0.226 e. The van der Waals surface area contributed by atoms with Crippen molar-refractivity contribution in [3.8, 4) is 0 Å². The first-order valence-electron chi connectivity index (χ1n) is 8.55. The largest absolute Gasteiger partial charge is 0.344 e. The number of aromatic nitrogens is 2. The number of carbonyl (C=O) groups is 1. The highest BCUT2D eigenvalue weighted by atomic mass is 32.1. The molecule has 1 atom stereocenters. The number of hydrogen-bond acceptors (Lipinski definition) is 4. The van der Waals surface area contributed by atoms with Crippen LogP contribution in [0.1, 0.15) is 34.7 Å². The molecule has 0 aliphatic carbocycles. The summed E-state index contributed by atoms with van der Waals surface area (Å²) in [6.45, 7) is 2.14. The quantitative estimate of drug-likeness (QED) is 0.536. The third-order valence-electron chi connectivity index (χ3n) is 4.34. The van der Waals surface area contributed by atoms with Crippen LogP contribution >= 0.6 is 22.7 Å². The van der Waals surface area contributed by atoms with E-state index in [1.807, 2.05) is 33.6 Å². The van der Waals surface area contributed by atoms with Crippen LogP contribution in [0, 0.1) is 0 Å². The molecule has 3 heterocycles. The molecule has 4 aromatic rings. The van der Waals surface area contributed by atoms with E-state index in [-0.39, 0.29) is 18.4 Å². The van der Waals surface area contributed by atoms with Gasteiger partial charge in [-0.15, -0.1) is 22.7 Å². The van der Waals surface area contributed by atoms with E-state index in [4.69, 9.17) is 0 Å². The molecule has 1 amide bonds. The zero-order valence-corrected chi connectivity index (χ0v) is 16.0. The Morgan fingerprint density at radius 3 is 2.73 bits per heavy atom. The number of nitrogens with zero attached hydrogens (tertiary/aromatic N) is 2. The molecule has 0 aliphatic heterocycles. The van der Waals surface area contributed by atoms with Crippen molar-refractivity contribution in [2.75, 3.05) is 0 Å². The Morgan fingerprint density at radius 2 is 2.04 bits per heavy atom. The molecule has 0 spiro atoms. The fourth-order valence-corrected chi connectivity index (χ4v) is 4.48. The summed E-state index contributed by atoms with van der Waals surface area (Å²) in [5.41, 5.74) is 3.19. The summed E-state index contributed by atoms with van der Waals surface area (Å²) < 4.78 is 1.95. The van der Waals surface area contributed by atoms with Crippen LogP contribution in [-0.2, 0) is 17.6 Å². The molecule has 0 saturated carbocycles. The molecule has 6 heteroatoms. The first-order valence-corrected chi connectivity index (χ1v) is 10.3. The molecule has 4 rings (SSSR count). The molecule has 132 valence electrons. The van der Waals surface area contributed by atoms with Crippen molar-refractivity contribution in [1.82, 2.24) is 14.7 Å². The van der Waals surface area contributed by atoms with Gasteiger partial charge in [0, 0.05) is 22.7 Å². The van der Waals surface area contributed by atoms with Gasteiger partial charge in [-0.25, -0.2) is 4.98 Å². The Bertz CT molecular complexity index is 971. The summed E-state index contributed by atoms with van der Waals surface area (Å²) in [5, 5.41) is 7.21. The molecule has 3 aromatic heterocycles. The molecule has 0 radical (unpaired) electrons. The summed E-state index contributed by atoms with van der Waals surface area (Å²) in [7, 11) is 0. The van der Waals surface area contributed by atoms with Gasteiger partial charge in [0.2, 0.25) is 5.91 Å². The zero-order valence-electron chi connectivity index (χ0n) is 14.4. The molecule has 26 heavy (non-hydrogen) atoms. The first kappa shape index (κ1) is 17.0. The first-order chi connectivity index (χ1) is 12.7. The lowest BCUT2D eigenvalue weighted by Gasteiger charge is -2.18.